The number of pyridine rings is 1. The number of hydrogen-bond acceptors (Lipinski definition) is 3. The molecule has 1 aliphatic carbocycles. The highest BCUT2D eigenvalue weighted by molar-refractivity contribution is 6.04. The number of amides is 1. The van der Waals surface area contributed by atoms with Crippen molar-refractivity contribution in [3.8, 4) is 0 Å². The maximum Gasteiger partial charge on any atom is 0.255 e. The first-order chi connectivity index (χ1) is 11.8. The summed E-state index contributed by atoms with van der Waals surface area (Å²) in [6.07, 6.45) is 9.59. The molecule has 124 valence electrons. The van der Waals surface area contributed by atoms with Gasteiger partial charge in [0.05, 0.1) is 0 Å². The van der Waals surface area contributed by atoms with Crippen LogP contribution in [0.4, 0.5) is 5.69 Å². The summed E-state index contributed by atoms with van der Waals surface area (Å²) in [5.41, 5.74) is 4.33. The quantitative estimate of drug-likeness (QED) is 0.943. The summed E-state index contributed by atoms with van der Waals surface area (Å²) >= 11 is 0. The summed E-state index contributed by atoms with van der Waals surface area (Å²) in [4.78, 5) is 18.9. The van der Waals surface area contributed by atoms with E-state index < -0.39 is 0 Å². The molecule has 0 atom stereocenters. The molecule has 4 rings (SSSR count). The first-order valence-corrected chi connectivity index (χ1v) is 8.87. The van der Waals surface area contributed by atoms with Gasteiger partial charge in [-0.2, -0.15) is 0 Å². The van der Waals surface area contributed by atoms with Crippen LogP contribution in [0.25, 0.3) is 0 Å². The number of fused-ring (bicyclic) bond motifs is 1. The Morgan fingerprint density at radius 1 is 1.04 bits per heavy atom. The third-order valence-electron chi connectivity index (χ3n) is 5.33. The van der Waals surface area contributed by atoms with Gasteiger partial charge in [-0.15, -0.1) is 0 Å². The van der Waals surface area contributed by atoms with Crippen LogP contribution in [0.1, 0.15) is 40.7 Å². The van der Waals surface area contributed by atoms with Crippen LogP contribution < -0.4 is 5.32 Å². The lowest BCUT2D eigenvalue weighted by molar-refractivity contribution is 0.102. The van der Waals surface area contributed by atoms with Gasteiger partial charge in [0.25, 0.3) is 5.91 Å². The predicted octanol–water partition coefficient (Wildman–Crippen LogP) is 3.29. The Balaban J connectivity index is 1.46. The van der Waals surface area contributed by atoms with Crippen LogP contribution in [0.5, 0.6) is 0 Å². The number of nitrogens with one attached hydrogen (secondary N) is 1. The third-order valence-corrected chi connectivity index (χ3v) is 5.33. The Kier molecular flexibility index (Phi) is 4.30. The highest BCUT2D eigenvalue weighted by Crippen LogP contribution is 2.28. The summed E-state index contributed by atoms with van der Waals surface area (Å²) < 4.78 is 0. The fourth-order valence-electron chi connectivity index (χ4n) is 3.64. The average Bonchev–Trinajstić information content (AvgIpc) is 2.77. The number of anilines is 1. The molecule has 1 aliphatic heterocycles. The Morgan fingerprint density at radius 3 is 2.50 bits per heavy atom. The van der Waals surface area contributed by atoms with E-state index in [9.17, 15) is 4.79 Å². The van der Waals surface area contributed by atoms with Gasteiger partial charge < -0.3 is 5.32 Å². The fraction of sp³-hybridized carbons (Fsp3) is 0.400. The predicted molar refractivity (Wildman–Crippen MR) is 95.3 cm³/mol. The smallest absolute Gasteiger partial charge is 0.255 e. The molecule has 1 fully saturated rings. The normalized spacial score (nSPS) is 18.3. The van der Waals surface area contributed by atoms with Gasteiger partial charge in [0, 0.05) is 42.8 Å². The van der Waals surface area contributed by atoms with Gasteiger partial charge in [0.2, 0.25) is 0 Å². The van der Waals surface area contributed by atoms with Crippen LogP contribution in [0.15, 0.2) is 42.7 Å². The molecule has 0 bridgehead atoms. The second kappa shape index (κ2) is 6.73. The molecule has 1 N–H and O–H groups in total. The SMILES string of the molecule is O=C(Nc1ccc2c(c1)CCN(C1CCC1)CC2)c1ccncc1. The van der Waals surface area contributed by atoms with E-state index in [0.717, 1.165) is 31.1 Å². The van der Waals surface area contributed by atoms with E-state index >= 15 is 0 Å². The van der Waals surface area contributed by atoms with E-state index in [1.165, 1.54) is 36.9 Å². The number of rotatable bonds is 3. The first kappa shape index (κ1) is 15.3. The van der Waals surface area contributed by atoms with Gasteiger partial charge in [-0.3, -0.25) is 14.7 Å². The Hall–Kier alpha value is -2.20. The van der Waals surface area contributed by atoms with Crippen molar-refractivity contribution in [3.05, 3.63) is 59.4 Å². The molecule has 1 aromatic carbocycles. The van der Waals surface area contributed by atoms with Crippen LogP contribution in [0, 0.1) is 0 Å². The van der Waals surface area contributed by atoms with Crippen molar-refractivity contribution in [2.45, 2.75) is 38.1 Å². The molecule has 1 amide bonds. The summed E-state index contributed by atoms with van der Waals surface area (Å²) in [5.74, 6) is -0.0814. The van der Waals surface area contributed by atoms with Crippen molar-refractivity contribution >= 4 is 11.6 Å². The Morgan fingerprint density at radius 2 is 1.79 bits per heavy atom. The molecule has 4 nitrogen and oxygen atoms in total. The molecule has 4 heteroatoms. The first-order valence-electron chi connectivity index (χ1n) is 8.87. The minimum absolute atomic E-state index is 0.0814. The molecule has 2 aromatic rings. The summed E-state index contributed by atoms with van der Waals surface area (Å²) in [6, 6.07) is 10.6. The van der Waals surface area contributed by atoms with Crippen molar-refractivity contribution in [2.24, 2.45) is 0 Å². The number of aromatic nitrogens is 1. The number of carbonyl (C=O) groups is 1. The molecular weight excluding hydrogens is 298 g/mol. The molecule has 0 spiro atoms. The van der Waals surface area contributed by atoms with Gasteiger partial charge in [-0.05, 0) is 61.1 Å². The topological polar surface area (TPSA) is 45.2 Å². The maximum atomic E-state index is 12.3. The lowest BCUT2D eigenvalue weighted by atomic mass is 9.91. The zero-order valence-electron chi connectivity index (χ0n) is 13.9. The Labute approximate surface area is 142 Å². The van der Waals surface area contributed by atoms with Gasteiger partial charge in [-0.25, -0.2) is 0 Å². The highest BCUT2D eigenvalue weighted by atomic mass is 16.1. The van der Waals surface area contributed by atoms with Gasteiger partial charge >= 0.3 is 0 Å². The maximum absolute atomic E-state index is 12.3. The highest BCUT2D eigenvalue weighted by Gasteiger charge is 2.26. The van der Waals surface area contributed by atoms with E-state index in [1.807, 2.05) is 6.07 Å². The summed E-state index contributed by atoms with van der Waals surface area (Å²) in [6.45, 7) is 2.31. The van der Waals surface area contributed by atoms with Crippen molar-refractivity contribution in [2.75, 3.05) is 18.4 Å². The number of hydrogen-bond donors (Lipinski definition) is 1. The number of nitrogens with zero attached hydrogens (tertiary/aromatic N) is 2. The monoisotopic (exact) mass is 321 g/mol. The van der Waals surface area contributed by atoms with Crippen molar-refractivity contribution in [1.82, 2.24) is 9.88 Å². The molecule has 1 aromatic heterocycles. The summed E-state index contributed by atoms with van der Waals surface area (Å²) in [7, 11) is 0. The molecule has 0 radical (unpaired) electrons. The van der Waals surface area contributed by atoms with E-state index in [1.54, 1.807) is 24.5 Å². The van der Waals surface area contributed by atoms with E-state index in [4.69, 9.17) is 0 Å². The standard InChI is InChI=1S/C20H23N3O/c24-20(16-6-10-21-11-7-16)22-18-5-4-15-8-12-23(19-2-1-3-19)13-9-17(15)14-18/h4-7,10-11,14,19H,1-3,8-9,12-13H2,(H,22,24). The third kappa shape index (κ3) is 3.20. The van der Waals surface area contributed by atoms with Crippen molar-refractivity contribution in [3.63, 3.8) is 0 Å². The molecule has 2 heterocycles. The minimum Gasteiger partial charge on any atom is -0.322 e. The van der Waals surface area contributed by atoms with Crippen LogP contribution in [0.3, 0.4) is 0 Å². The second-order valence-corrected chi connectivity index (χ2v) is 6.79. The lowest BCUT2D eigenvalue weighted by Gasteiger charge is -2.36. The van der Waals surface area contributed by atoms with E-state index in [-0.39, 0.29) is 5.91 Å². The van der Waals surface area contributed by atoms with Crippen LogP contribution in [-0.2, 0) is 12.8 Å². The van der Waals surface area contributed by atoms with Gasteiger partial charge in [0.1, 0.15) is 0 Å². The molecule has 0 unspecified atom stereocenters. The molecule has 1 saturated carbocycles. The van der Waals surface area contributed by atoms with Crippen LogP contribution in [0.2, 0.25) is 0 Å². The van der Waals surface area contributed by atoms with Crippen LogP contribution >= 0.6 is 0 Å². The fourth-order valence-corrected chi connectivity index (χ4v) is 3.64. The van der Waals surface area contributed by atoms with Gasteiger partial charge in [-0.1, -0.05) is 12.5 Å². The van der Waals surface area contributed by atoms with Crippen molar-refractivity contribution < 1.29 is 4.79 Å². The molecular formula is C20H23N3O. The Bertz CT molecular complexity index is 725. The van der Waals surface area contributed by atoms with Crippen LogP contribution in [-0.4, -0.2) is 34.9 Å². The largest absolute Gasteiger partial charge is 0.322 e. The second-order valence-electron chi connectivity index (χ2n) is 6.79. The minimum atomic E-state index is -0.0814. The number of carbonyl (C=O) groups excluding carboxylic acids is 1. The van der Waals surface area contributed by atoms with Gasteiger partial charge in [0.15, 0.2) is 0 Å². The number of benzene rings is 1. The zero-order chi connectivity index (χ0) is 16.4. The lowest BCUT2D eigenvalue weighted by Crippen LogP contribution is -2.41. The zero-order valence-corrected chi connectivity index (χ0v) is 13.9. The molecule has 0 saturated heterocycles. The van der Waals surface area contributed by atoms with E-state index in [2.05, 4.69) is 27.3 Å². The molecule has 24 heavy (non-hydrogen) atoms. The summed E-state index contributed by atoms with van der Waals surface area (Å²) in [5, 5.41) is 3.00. The van der Waals surface area contributed by atoms with Crippen molar-refractivity contribution in [1.29, 1.82) is 0 Å². The molecule has 2 aliphatic rings. The average molecular weight is 321 g/mol. The van der Waals surface area contributed by atoms with E-state index in [0.29, 0.717) is 5.56 Å².